The molecule has 3 N–H and O–H groups in total. The van der Waals surface area contributed by atoms with E-state index < -0.39 is 5.25 Å². The van der Waals surface area contributed by atoms with Crippen LogP contribution in [0.4, 0.5) is 11.4 Å². The van der Waals surface area contributed by atoms with Crippen molar-refractivity contribution in [3.63, 3.8) is 0 Å². The number of anilines is 2. The van der Waals surface area contributed by atoms with Crippen molar-refractivity contribution >= 4 is 51.9 Å². The van der Waals surface area contributed by atoms with Gasteiger partial charge in [0, 0.05) is 49.1 Å². The topological polar surface area (TPSA) is 120 Å². The second-order valence-corrected chi connectivity index (χ2v) is 8.63. The van der Waals surface area contributed by atoms with E-state index in [-0.39, 0.29) is 30.0 Å². The molecule has 2 aromatic carbocycles. The second kappa shape index (κ2) is 11.5. The van der Waals surface area contributed by atoms with Gasteiger partial charge in [0.15, 0.2) is 5.17 Å². The maximum absolute atomic E-state index is 12.7. The van der Waals surface area contributed by atoms with Gasteiger partial charge in [-0.25, -0.2) is 0 Å². The molecule has 0 spiro atoms. The monoisotopic (exact) mass is 481 g/mol. The summed E-state index contributed by atoms with van der Waals surface area (Å²) in [5.74, 6) is -1.29. The fourth-order valence-electron chi connectivity index (χ4n) is 3.34. The Hall–Kier alpha value is -3.66. The first-order valence-electron chi connectivity index (χ1n) is 10.9. The van der Waals surface area contributed by atoms with E-state index in [1.807, 2.05) is 18.7 Å². The van der Waals surface area contributed by atoms with E-state index in [0.29, 0.717) is 27.7 Å². The van der Waals surface area contributed by atoms with Gasteiger partial charge in [0.05, 0.1) is 0 Å². The van der Waals surface area contributed by atoms with Gasteiger partial charge in [-0.15, -0.1) is 0 Å². The smallest absolute Gasteiger partial charge is 0.262 e. The normalized spacial score (nSPS) is 14.9. The molecule has 0 saturated heterocycles. The quantitative estimate of drug-likeness (QED) is 0.533. The summed E-state index contributed by atoms with van der Waals surface area (Å²) in [7, 11) is 1.53. The van der Waals surface area contributed by atoms with Crippen LogP contribution in [-0.2, 0) is 9.59 Å². The molecule has 0 radical (unpaired) electrons. The molecule has 0 bridgehead atoms. The number of amidine groups is 1. The highest BCUT2D eigenvalue weighted by atomic mass is 32.2. The zero-order valence-corrected chi connectivity index (χ0v) is 20.1. The first-order chi connectivity index (χ1) is 16.3. The van der Waals surface area contributed by atoms with Gasteiger partial charge in [-0.05, 0) is 50.2 Å². The molecule has 34 heavy (non-hydrogen) atoms. The minimum absolute atomic E-state index is 0.0134. The van der Waals surface area contributed by atoms with Crippen LogP contribution in [0.5, 0.6) is 0 Å². The van der Waals surface area contributed by atoms with E-state index in [0.717, 1.165) is 13.1 Å². The van der Waals surface area contributed by atoms with Gasteiger partial charge in [0.2, 0.25) is 5.91 Å². The summed E-state index contributed by atoms with van der Waals surface area (Å²) < 4.78 is 0. The van der Waals surface area contributed by atoms with Crippen molar-refractivity contribution in [2.75, 3.05) is 30.8 Å². The lowest BCUT2D eigenvalue weighted by Crippen LogP contribution is -2.27. The zero-order valence-electron chi connectivity index (χ0n) is 19.3. The number of hydrogen-bond donors (Lipinski definition) is 3. The number of carbonyl (C=O) groups is 4. The van der Waals surface area contributed by atoms with Crippen LogP contribution in [0.1, 0.15) is 41.0 Å². The number of amides is 4. The van der Waals surface area contributed by atoms with Gasteiger partial charge >= 0.3 is 0 Å². The number of hydrogen-bond acceptors (Lipinski definition) is 6. The van der Waals surface area contributed by atoms with E-state index >= 15 is 0 Å². The van der Waals surface area contributed by atoms with E-state index in [2.05, 4.69) is 20.9 Å². The van der Waals surface area contributed by atoms with Crippen LogP contribution >= 0.6 is 11.8 Å². The van der Waals surface area contributed by atoms with E-state index in [4.69, 9.17) is 0 Å². The summed E-state index contributed by atoms with van der Waals surface area (Å²) in [6, 6.07) is 13.1. The summed E-state index contributed by atoms with van der Waals surface area (Å²) in [5, 5.41) is 8.12. The average Bonchev–Trinajstić information content (AvgIpc) is 3.19. The second-order valence-electron chi connectivity index (χ2n) is 7.46. The molecular formula is C24H27N5O4S. The third kappa shape index (κ3) is 6.22. The minimum Gasteiger partial charge on any atom is -0.355 e. The third-order valence-electron chi connectivity index (χ3n) is 5.15. The van der Waals surface area contributed by atoms with Gasteiger partial charge in [-0.2, -0.15) is 4.99 Å². The Morgan fingerprint density at radius 1 is 0.941 bits per heavy atom. The van der Waals surface area contributed by atoms with Crippen LogP contribution in [0.3, 0.4) is 0 Å². The Kier molecular flexibility index (Phi) is 8.42. The molecule has 1 aliphatic heterocycles. The Morgan fingerprint density at radius 2 is 1.53 bits per heavy atom. The van der Waals surface area contributed by atoms with Crippen LogP contribution in [0.2, 0.25) is 0 Å². The SMILES string of the molecule is CCN(CC)C1=NC(=O)C(CC(=O)Nc2cccc(C(=O)Nc3cccc(C(=O)NC)c3)c2)S1. The van der Waals surface area contributed by atoms with Gasteiger partial charge in [-0.1, -0.05) is 23.9 Å². The Labute approximate surface area is 202 Å². The summed E-state index contributed by atoms with van der Waals surface area (Å²) in [6.07, 6.45) is -0.0134. The van der Waals surface area contributed by atoms with Crippen molar-refractivity contribution in [1.29, 1.82) is 0 Å². The number of nitrogens with zero attached hydrogens (tertiary/aromatic N) is 2. The molecule has 3 rings (SSSR count). The van der Waals surface area contributed by atoms with Crippen molar-refractivity contribution < 1.29 is 19.2 Å². The van der Waals surface area contributed by atoms with Gasteiger partial charge in [-0.3, -0.25) is 19.2 Å². The fraction of sp³-hybridized carbons (Fsp3) is 0.292. The summed E-state index contributed by atoms with van der Waals surface area (Å²) in [5.41, 5.74) is 1.67. The standard InChI is InChI=1S/C24H27N5O4S/c1-4-29(5-2)24-28-23(33)19(34-24)14-20(30)26-17-10-7-9-16(13-17)22(32)27-18-11-6-8-15(12-18)21(31)25-3/h6-13,19H,4-5,14H2,1-3H3,(H,25,31)(H,26,30)(H,27,32). The Morgan fingerprint density at radius 3 is 2.12 bits per heavy atom. The molecule has 10 heteroatoms. The maximum Gasteiger partial charge on any atom is 0.262 e. The minimum atomic E-state index is -0.560. The Bertz CT molecular complexity index is 1130. The molecule has 0 saturated carbocycles. The first kappa shape index (κ1) is 25.0. The molecular weight excluding hydrogens is 454 g/mol. The number of carbonyl (C=O) groups excluding carboxylic acids is 4. The molecule has 1 aliphatic rings. The molecule has 4 amide bonds. The number of benzene rings is 2. The zero-order chi connectivity index (χ0) is 24.7. The lowest BCUT2D eigenvalue weighted by molar-refractivity contribution is -0.121. The molecule has 178 valence electrons. The fourth-order valence-corrected chi connectivity index (χ4v) is 4.54. The average molecular weight is 482 g/mol. The Balaban J connectivity index is 1.60. The number of thioether (sulfide) groups is 1. The summed E-state index contributed by atoms with van der Waals surface area (Å²) in [6.45, 7) is 5.44. The first-order valence-corrected chi connectivity index (χ1v) is 11.8. The molecule has 0 fully saturated rings. The highest BCUT2D eigenvalue weighted by molar-refractivity contribution is 8.15. The van der Waals surface area contributed by atoms with Crippen molar-refractivity contribution in [2.45, 2.75) is 25.5 Å². The van der Waals surface area contributed by atoms with Crippen LogP contribution < -0.4 is 16.0 Å². The van der Waals surface area contributed by atoms with Gasteiger partial charge in [0.25, 0.3) is 17.7 Å². The summed E-state index contributed by atoms with van der Waals surface area (Å²) in [4.78, 5) is 55.3. The largest absolute Gasteiger partial charge is 0.355 e. The highest BCUT2D eigenvalue weighted by Crippen LogP contribution is 2.27. The molecule has 1 unspecified atom stereocenters. The lowest BCUT2D eigenvalue weighted by atomic mass is 10.1. The number of nitrogens with one attached hydrogen (secondary N) is 3. The third-order valence-corrected chi connectivity index (χ3v) is 6.37. The van der Waals surface area contributed by atoms with Crippen molar-refractivity contribution in [2.24, 2.45) is 4.99 Å². The molecule has 1 heterocycles. The van der Waals surface area contributed by atoms with Crippen molar-refractivity contribution in [1.82, 2.24) is 10.2 Å². The van der Waals surface area contributed by atoms with Crippen molar-refractivity contribution in [3.05, 3.63) is 59.7 Å². The number of rotatable bonds is 8. The van der Waals surface area contributed by atoms with Gasteiger partial charge < -0.3 is 20.9 Å². The lowest BCUT2D eigenvalue weighted by Gasteiger charge is -2.19. The molecule has 0 aromatic heterocycles. The number of aliphatic imine (C=N–C) groups is 1. The van der Waals surface area contributed by atoms with Gasteiger partial charge in [0.1, 0.15) is 5.25 Å². The predicted octanol–water partition coefficient (Wildman–Crippen LogP) is 2.97. The molecule has 0 aliphatic carbocycles. The predicted molar refractivity (Wildman–Crippen MR) is 134 cm³/mol. The maximum atomic E-state index is 12.7. The van der Waals surface area contributed by atoms with Crippen LogP contribution in [0.15, 0.2) is 53.5 Å². The van der Waals surface area contributed by atoms with E-state index in [1.54, 1.807) is 48.5 Å². The highest BCUT2D eigenvalue weighted by Gasteiger charge is 2.32. The van der Waals surface area contributed by atoms with E-state index in [1.165, 1.54) is 18.8 Å². The van der Waals surface area contributed by atoms with Crippen LogP contribution in [0, 0.1) is 0 Å². The molecule has 9 nitrogen and oxygen atoms in total. The van der Waals surface area contributed by atoms with Crippen LogP contribution in [0.25, 0.3) is 0 Å². The molecule has 2 aromatic rings. The molecule has 1 atom stereocenters. The summed E-state index contributed by atoms with van der Waals surface area (Å²) >= 11 is 1.30. The van der Waals surface area contributed by atoms with Crippen molar-refractivity contribution in [3.8, 4) is 0 Å². The van der Waals surface area contributed by atoms with Crippen LogP contribution in [-0.4, -0.2) is 59.1 Å². The van der Waals surface area contributed by atoms with E-state index in [9.17, 15) is 19.2 Å².